The number of amides is 8. The number of nitrogens with zero attached hydrogens (tertiary/aromatic N) is 10. The van der Waals surface area contributed by atoms with E-state index in [-0.39, 0.29) is 90.4 Å². The van der Waals surface area contributed by atoms with Crippen LogP contribution in [-0.4, -0.2) is 87.1 Å². The van der Waals surface area contributed by atoms with Gasteiger partial charge in [0.05, 0.1) is 67.3 Å². The number of aromatic amines is 2. The van der Waals surface area contributed by atoms with Crippen LogP contribution in [0.4, 0.5) is 22.7 Å². The van der Waals surface area contributed by atoms with E-state index in [1.54, 1.807) is 146 Å². The van der Waals surface area contributed by atoms with Crippen molar-refractivity contribution in [2.24, 2.45) is 0 Å². The Morgan fingerprint density at radius 3 is 0.619 bits per heavy atom. The van der Waals surface area contributed by atoms with Crippen LogP contribution >= 0.6 is 0 Å². The molecule has 8 bridgehead atoms. The number of benzene rings is 8. The molecule has 9 heterocycles. The Morgan fingerprint density at radius 2 is 0.417 bits per heavy atom. The second-order valence-electron chi connectivity index (χ2n) is 20.5. The smallest absolute Gasteiger partial charge is 0.266 e. The van der Waals surface area contributed by atoms with Gasteiger partial charge in [0.25, 0.3) is 47.3 Å². The molecule has 6 aliphatic heterocycles. The number of H-pyrrole nitrogens is 2. The van der Waals surface area contributed by atoms with Crippen molar-refractivity contribution in [2.75, 3.05) is 19.6 Å². The molecule has 17 rings (SSSR count). The minimum atomic E-state index is -0.586. The highest BCUT2D eigenvalue weighted by Gasteiger charge is 2.43. The fraction of sp³-hybridized carbons (Fsp3) is 0. The molecule has 6 aliphatic rings. The maximum atomic E-state index is 14.4. The van der Waals surface area contributed by atoms with Crippen LogP contribution in [0.5, 0.6) is 0 Å². The van der Waals surface area contributed by atoms with Crippen LogP contribution in [0, 0.1) is 0 Å². The molecular weight excluding hydrogens is 1060 g/mol. The zero-order valence-electron chi connectivity index (χ0n) is 42.9. The van der Waals surface area contributed by atoms with E-state index in [0.29, 0.717) is 66.5 Å². The van der Waals surface area contributed by atoms with E-state index in [9.17, 15) is 38.4 Å². The summed E-state index contributed by atoms with van der Waals surface area (Å²) in [6.07, 6.45) is 0. The second kappa shape index (κ2) is 16.6. The standard InChI is InChI=1S/C64H30N12O8/c77-57-41-21-33-34(22-42(41)58(78)73(57)29-13-5-1-6-14-29)50-65-49(33)69-51-35-23-43-45(61(81)74(59(43)79)30-15-7-2-8-16-30)25-37(35)53(66-51)71-55-39-27-47-48(64(84)76(63(47)83)32-19-11-4-12-20-32)28-40(39)56(68-55)72-54-38-26-46-44(24-36(38)52(67-54)70-50)60(80)75(62(46)82)31-17-9-3-10-18-31/h1-28H,(H2,65,66,67,68,69,70,71,72). The molecule has 0 atom stereocenters. The molecule has 8 aromatic carbocycles. The van der Waals surface area contributed by atoms with Crippen molar-refractivity contribution in [3.8, 4) is 45.6 Å². The molecule has 0 fully saturated rings. The molecule has 11 aromatic rings. The lowest BCUT2D eigenvalue weighted by atomic mass is 10.00. The molecule has 20 nitrogen and oxygen atoms in total. The van der Waals surface area contributed by atoms with Crippen molar-refractivity contribution >= 4 is 114 Å². The first kappa shape index (κ1) is 46.6. The molecule has 0 saturated carbocycles. The highest BCUT2D eigenvalue weighted by atomic mass is 16.2. The van der Waals surface area contributed by atoms with Gasteiger partial charge in [-0.25, -0.2) is 49.5 Å². The van der Waals surface area contributed by atoms with Crippen molar-refractivity contribution < 1.29 is 38.4 Å². The number of hydrogen-bond donors (Lipinski definition) is 2. The van der Waals surface area contributed by atoms with Gasteiger partial charge >= 0.3 is 0 Å². The molecular formula is C64H30N12O8. The third kappa shape index (κ3) is 6.34. The third-order valence-electron chi connectivity index (χ3n) is 15.9. The summed E-state index contributed by atoms with van der Waals surface area (Å²) in [5, 5.41) is 1.29. The van der Waals surface area contributed by atoms with Crippen LogP contribution in [0.3, 0.4) is 0 Å². The predicted molar refractivity (Wildman–Crippen MR) is 306 cm³/mol. The summed E-state index contributed by atoms with van der Waals surface area (Å²) in [5.74, 6) is -4.61. The van der Waals surface area contributed by atoms with Gasteiger partial charge < -0.3 is 9.97 Å². The minimum absolute atomic E-state index is 0.0161. The Labute approximate surface area is 470 Å². The van der Waals surface area contributed by atoms with Gasteiger partial charge in [-0.1, -0.05) is 72.8 Å². The third-order valence-corrected chi connectivity index (χ3v) is 15.9. The summed E-state index contributed by atoms with van der Waals surface area (Å²) >= 11 is 0. The topological polar surface area (TPSA) is 258 Å². The number of hydrogen-bond acceptors (Lipinski definition) is 14. The van der Waals surface area contributed by atoms with E-state index in [1.807, 2.05) is 0 Å². The normalized spacial score (nSPS) is 14.8. The summed E-state index contributed by atoms with van der Waals surface area (Å²) < 4.78 is 0. The molecule has 0 radical (unpaired) electrons. The number of anilines is 4. The number of imide groups is 4. The average Bonchev–Trinajstić information content (AvgIpc) is 4.57. The van der Waals surface area contributed by atoms with Gasteiger partial charge in [-0.15, -0.1) is 0 Å². The minimum Gasteiger partial charge on any atom is -0.324 e. The number of nitrogens with one attached hydrogen (secondary N) is 2. The predicted octanol–water partition coefficient (Wildman–Crippen LogP) is 10.1. The molecule has 394 valence electrons. The molecule has 0 aliphatic carbocycles. The van der Waals surface area contributed by atoms with Crippen LogP contribution in [0.15, 0.2) is 170 Å². The van der Waals surface area contributed by atoms with Crippen LogP contribution in [0.25, 0.3) is 89.7 Å². The van der Waals surface area contributed by atoms with Gasteiger partial charge in [0.2, 0.25) is 0 Å². The quantitative estimate of drug-likeness (QED) is 0.155. The number of fused-ring (bicyclic) bond motifs is 24. The van der Waals surface area contributed by atoms with E-state index >= 15 is 0 Å². The van der Waals surface area contributed by atoms with E-state index in [1.165, 1.54) is 24.3 Å². The van der Waals surface area contributed by atoms with Crippen LogP contribution in [-0.2, 0) is 0 Å². The summed E-state index contributed by atoms with van der Waals surface area (Å²) in [6.45, 7) is 0. The Balaban J connectivity index is 0.971. The van der Waals surface area contributed by atoms with E-state index in [4.69, 9.17) is 29.9 Å². The van der Waals surface area contributed by atoms with Gasteiger partial charge in [0.15, 0.2) is 23.3 Å². The Morgan fingerprint density at radius 1 is 0.226 bits per heavy atom. The summed E-state index contributed by atoms with van der Waals surface area (Å²) in [4.78, 5) is 156. The van der Waals surface area contributed by atoms with Crippen molar-refractivity contribution in [3.63, 3.8) is 0 Å². The maximum absolute atomic E-state index is 14.4. The molecule has 0 unspecified atom stereocenters. The lowest BCUT2D eigenvalue weighted by Crippen LogP contribution is -2.29. The van der Waals surface area contributed by atoms with E-state index in [0.717, 1.165) is 19.6 Å². The fourth-order valence-corrected chi connectivity index (χ4v) is 12.0. The lowest BCUT2D eigenvalue weighted by molar-refractivity contribution is 0.0910. The fourth-order valence-electron chi connectivity index (χ4n) is 12.0. The van der Waals surface area contributed by atoms with Crippen molar-refractivity contribution in [3.05, 3.63) is 214 Å². The molecule has 8 amide bonds. The lowest BCUT2D eigenvalue weighted by Gasteiger charge is -2.13. The molecule has 20 heteroatoms. The van der Waals surface area contributed by atoms with Gasteiger partial charge in [-0.05, 0) is 97.1 Å². The first-order chi connectivity index (χ1) is 40.9. The first-order valence-electron chi connectivity index (χ1n) is 26.3. The molecule has 2 N–H and O–H groups in total. The van der Waals surface area contributed by atoms with Gasteiger partial charge in [0, 0.05) is 43.8 Å². The maximum Gasteiger partial charge on any atom is 0.266 e. The largest absolute Gasteiger partial charge is 0.324 e. The van der Waals surface area contributed by atoms with Crippen LogP contribution < -0.4 is 19.6 Å². The van der Waals surface area contributed by atoms with Crippen molar-refractivity contribution in [2.45, 2.75) is 0 Å². The Bertz CT molecular complexity index is 4660. The highest BCUT2D eigenvalue weighted by molar-refractivity contribution is 6.38. The van der Waals surface area contributed by atoms with E-state index < -0.39 is 47.3 Å². The number of para-hydroxylation sites is 4. The van der Waals surface area contributed by atoms with Crippen LogP contribution in [0.2, 0.25) is 0 Å². The molecule has 3 aromatic heterocycles. The molecule has 0 saturated heterocycles. The number of rotatable bonds is 4. The van der Waals surface area contributed by atoms with Crippen molar-refractivity contribution in [1.82, 2.24) is 39.9 Å². The second-order valence-corrected chi connectivity index (χ2v) is 20.5. The monoisotopic (exact) mass is 1090 g/mol. The molecule has 0 spiro atoms. The molecule has 84 heavy (non-hydrogen) atoms. The zero-order valence-corrected chi connectivity index (χ0v) is 42.9. The van der Waals surface area contributed by atoms with Gasteiger partial charge in [0.1, 0.15) is 22.6 Å². The SMILES string of the molecule is O=C1c2cc3c(cc2C(=O)N1c1ccccc1)-c1nc-3nc2[nH]c(nc3nc(nc4[nH]c(n1)c1cc5c(cc41)C(=O)N(c1ccccc1)C5=O)-c1cc4c(cc1-3)C(=O)N(c1ccccc1)C4=O)c1cc3c(cc21)C(=O)N(c1ccccc1)C3=O. The first-order valence-corrected chi connectivity index (χ1v) is 26.3. The summed E-state index contributed by atoms with van der Waals surface area (Å²) in [6, 6.07) is 46.4. The summed E-state index contributed by atoms with van der Waals surface area (Å²) in [5.41, 5.74) is 3.63. The van der Waals surface area contributed by atoms with Crippen LogP contribution in [0.1, 0.15) is 82.9 Å². The Hall–Kier alpha value is -12.3. The van der Waals surface area contributed by atoms with Gasteiger partial charge in [-0.3, -0.25) is 38.4 Å². The Kier molecular flexibility index (Phi) is 9.22. The summed E-state index contributed by atoms with van der Waals surface area (Å²) in [7, 11) is 0. The average molecular weight is 1100 g/mol. The number of carbonyl (C=O) groups excluding carboxylic acids is 8. The number of aromatic nitrogens is 8. The van der Waals surface area contributed by atoms with E-state index in [2.05, 4.69) is 9.97 Å². The van der Waals surface area contributed by atoms with Gasteiger partial charge in [-0.2, -0.15) is 0 Å². The zero-order chi connectivity index (χ0) is 56.5. The highest BCUT2D eigenvalue weighted by Crippen LogP contribution is 2.44. The van der Waals surface area contributed by atoms with Crippen molar-refractivity contribution in [1.29, 1.82) is 0 Å². The number of carbonyl (C=O) groups is 8.